The Kier molecular flexibility index (Phi) is 5.98. The SMILES string of the molecule is CC1CCC(C2CCC(C3CC(F)C(F)C(P)C3)C(F)C2)CC1. The van der Waals surface area contributed by atoms with E-state index in [1.54, 1.807) is 0 Å². The second-order valence-electron chi connectivity index (χ2n) is 8.63. The monoisotopic (exact) mass is 348 g/mol. The molecule has 8 unspecified atom stereocenters. The van der Waals surface area contributed by atoms with Crippen LogP contribution in [0.4, 0.5) is 13.2 Å². The summed E-state index contributed by atoms with van der Waals surface area (Å²) in [5.41, 5.74) is -0.339. The lowest BCUT2D eigenvalue weighted by Gasteiger charge is -2.43. The molecule has 134 valence electrons. The summed E-state index contributed by atoms with van der Waals surface area (Å²) in [6, 6.07) is 0. The summed E-state index contributed by atoms with van der Waals surface area (Å²) in [6.45, 7) is 2.32. The fourth-order valence-corrected chi connectivity index (χ4v) is 6.09. The molecule has 0 bridgehead atoms. The normalized spacial score (nSPS) is 52.3. The molecule has 4 heteroatoms. The van der Waals surface area contributed by atoms with Crippen molar-refractivity contribution in [2.24, 2.45) is 29.6 Å². The Balaban J connectivity index is 1.54. The number of halogens is 3. The van der Waals surface area contributed by atoms with Crippen molar-refractivity contribution in [2.45, 2.75) is 88.9 Å². The van der Waals surface area contributed by atoms with Crippen LogP contribution in [0.1, 0.15) is 64.7 Å². The van der Waals surface area contributed by atoms with Gasteiger partial charge in [0.05, 0.1) is 0 Å². The van der Waals surface area contributed by atoms with Crippen molar-refractivity contribution in [1.29, 1.82) is 0 Å². The van der Waals surface area contributed by atoms with Gasteiger partial charge in [0, 0.05) is 5.66 Å². The van der Waals surface area contributed by atoms with E-state index in [2.05, 4.69) is 16.2 Å². The highest BCUT2D eigenvalue weighted by atomic mass is 31.0. The highest BCUT2D eigenvalue weighted by molar-refractivity contribution is 7.17. The van der Waals surface area contributed by atoms with E-state index in [0.717, 1.165) is 18.8 Å². The molecule has 0 amide bonds. The van der Waals surface area contributed by atoms with Gasteiger partial charge in [0.25, 0.3) is 0 Å². The molecule has 3 aliphatic rings. The lowest BCUT2D eigenvalue weighted by atomic mass is 9.65. The molecule has 3 saturated carbocycles. The maximum atomic E-state index is 14.8. The minimum atomic E-state index is -1.40. The Hall–Kier alpha value is 0.220. The van der Waals surface area contributed by atoms with Crippen LogP contribution in [0.2, 0.25) is 0 Å². The van der Waals surface area contributed by atoms with Crippen molar-refractivity contribution in [1.82, 2.24) is 0 Å². The van der Waals surface area contributed by atoms with E-state index in [9.17, 15) is 13.2 Å². The van der Waals surface area contributed by atoms with Gasteiger partial charge < -0.3 is 0 Å². The van der Waals surface area contributed by atoms with Crippen molar-refractivity contribution in [3.63, 3.8) is 0 Å². The van der Waals surface area contributed by atoms with Crippen molar-refractivity contribution in [3.05, 3.63) is 0 Å². The van der Waals surface area contributed by atoms with Gasteiger partial charge in [-0.2, -0.15) is 0 Å². The quantitative estimate of drug-likeness (QED) is 0.545. The first-order chi connectivity index (χ1) is 11.0. The molecule has 0 aliphatic heterocycles. The zero-order valence-corrected chi connectivity index (χ0v) is 15.4. The molecule has 0 aromatic heterocycles. The van der Waals surface area contributed by atoms with Gasteiger partial charge in [-0.3, -0.25) is 0 Å². The fraction of sp³-hybridized carbons (Fsp3) is 1.00. The van der Waals surface area contributed by atoms with Crippen LogP contribution in [0.3, 0.4) is 0 Å². The topological polar surface area (TPSA) is 0 Å². The standard InChI is InChI=1S/C19H32F3P/c1-11-2-4-12(5-3-11)13-6-7-15(16(20)8-13)14-9-17(21)19(22)18(23)10-14/h11-19H,2-10,23H2,1H3. The molecular weight excluding hydrogens is 316 g/mol. The van der Waals surface area contributed by atoms with Crippen LogP contribution in [0, 0.1) is 29.6 Å². The first kappa shape index (κ1) is 18.0. The summed E-state index contributed by atoms with van der Waals surface area (Å²) in [4.78, 5) is 0. The Bertz CT molecular complexity index is 371. The largest absolute Gasteiger partial charge is 0.247 e. The summed E-state index contributed by atoms with van der Waals surface area (Å²) < 4.78 is 42.4. The summed E-state index contributed by atoms with van der Waals surface area (Å²) in [5.74, 6) is 2.05. The van der Waals surface area contributed by atoms with Gasteiger partial charge in [-0.05, 0) is 74.5 Å². The molecule has 3 aliphatic carbocycles. The Morgan fingerprint density at radius 2 is 1.30 bits per heavy atom. The van der Waals surface area contributed by atoms with Gasteiger partial charge >= 0.3 is 0 Å². The molecule has 0 nitrogen and oxygen atoms in total. The third-order valence-corrected chi connectivity index (χ3v) is 7.69. The van der Waals surface area contributed by atoms with E-state index in [1.807, 2.05) is 0 Å². The fourth-order valence-electron chi connectivity index (χ4n) is 5.50. The average Bonchev–Trinajstić information content (AvgIpc) is 2.53. The van der Waals surface area contributed by atoms with E-state index in [1.165, 1.54) is 25.7 Å². The molecule has 3 fully saturated rings. The summed E-state index contributed by atoms with van der Waals surface area (Å²) in [5, 5.41) is 0. The number of alkyl halides is 3. The van der Waals surface area contributed by atoms with Crippen LogP contribution >= 0.6 is 9.24 Å². The van der Waals surface area contributed by atoms with Crippen LogP contribution < -0.4 is 0 Å². The van der Waals surface area contributed by atoms with Crippen molar-refractivity contribution in [2.75, 3.05) is 0 Å². The van der Waals surface area contributed by atoms with Crippen LogP contribution in [0.25, 0.3) is 0 Å². The van der Waals surface area contributed by atoms with Crippen LogP contribution in [-0.4, -0.2) is 24.2 Å². The van der Waals surface area contributed by atoms with E-state index < -0.39 is 18.5 Å². The maximum Gasteiger partial charge on any atom is 0.137 e. The smallest absolute Gasteiger partial charge is 0.137 e. The Labute approximate surface area is 141 Å². The van der Waals surface area contributed by atoms with Gasteiger partial charge in [0.1, 0.15) is 18.5 Å². The lowest BCUT2D eigenvalue weighted by Crippen LogP contribution is -2.43. The maximum absolute atomic E-state index is 14.8. The zero-order valence-electron chi connectivity index (χ0n) is 14.3. The Morgan fingerprint density at radius 3 is 1.91 bits per heavy atom. The number of rotatable bonds is 2. The zero-order chi connectivity index (χ0) is 16.6. The first-order valence-corrected chi connectivity index (χ1v) is 10.3. The van der Waals surface area contributed by atoms with Gasteiger partial charge in [0.15, 0.2) is 0 Å². The number of hydrogen-bond acceptors (Lipinski definition) is 0. The van der Waals surface area contributed by atoms with Gasteiger partial charge in [-0.1, -0.05) is 19.8 Å². The van der Waals surface area contributed by atoms with Gasteiger partial charge in [-0.15, -0.1) is 9.24 Å². The lowest BCUT2D eigenvalue weighted by molar-refractivity contribution is 0.00919. The highest BCUT2D eigenvalue weighted by Gasteiger charge is 2.44. The predicted octanol–water partition coefficient (Wildman–Crippen LogP) is 5.90. The molecule has 0 aromatic carbocycles. The van der Waals surface area contributed by atoms with E-state index >= 15 is 0 Å². The molecule has 23 heavy (non-hydrogen) atoms. The third kappa shape index (κ3) is 4.07. The third-order valence-electron chi connectivity index (χ3n) is 7.05. The Morgan fingerprint density at radius 1 is 0.696 bits per heavy atom. The molecule has 0 spiro atoms. The molecule has 0 N–H and O–H groups in total. The molecule has 0 aromatic rings. The molecule has 8 atom stereocenters. The molecule has 3 rings (SSSR count). The van der Waals surface area contributed by atoms with Crippen molar-refractivity contribution >= 4 is 9.24 Å². The van der Waals surface area contributed by atoms with Crippen molar-refractivity contribution in [3.8, 4) is 0 Å². The summed E-state index contributed by atoms with van der Waals surface area (Å²) in [6.07, 6.45) is 5.01. The molecular formula is C19H32F3P. The second kappa shape index (κ2) is 7.63. The van der Waals surface area contributed by atoms with Gasteiger partial charge in [0.2, 0.25) is 0 Å². The van der Waals surface area contributed by atoms with E-state index in [-0.39, 0.29) is 23.9 Å². The second-order valence-corrected chi connectivity index (χ2v) is 9.48. The van der Waals surface area contributed by atoms with Crippen LogP contribution in [0.15, 0.2) is 0 Å². The first-order valence-electron chi connectivity index (χ1n) is 9.63. The predicted molar refractivity (Wildman–Crippen MR) is 92.9 cm³/mol. The van der Waals surface area contributed by atoms with Gasteiger partial charge in [-0.25, -0.2) is 13.2 Å². The minimum absolute atomic E-state index is 0.0295. The minimum Gasteiger partial charge on any atom is -0.247 e. The molecule has 0 saturated heterocycles. The van der Waals surface area contributed by atoms with Crippen LogP contribution in [0.5, 0.6) is 0 Å². The van der Waals surface area contributed by atoms with E-state index in [4.69, 9.17) is 0 Å². The van der Waals surface area contributed by atoms with Crippen LogP contribution in [-0.2, 0) is 0 Å². The number of hydrogen-bond donors (Lipinski definition) is 0. The van der Waals surface area contributed by atoms with E-state index in [0.29, 0.717) is 24.7 Å². The summed E-state index contributed by atoms with van der Waals surface area (Å²) >= 11 is 0. The summed E-state index contributed by atoms with van der Waals surface area (Å²) in [7, 11) is 2.44. The molecule has 0 radical (unpaired) electrons. The highest BCUT2D eigenvalue weighted by Crippen LogP contribution is 2.47. The molecule has 0 heterocycles. The van der Waals surface area contributed by atoms with Crippen molar-refractivity contribution < 1.29 is 13.2 Å². The average molecular weight is 348 g/mol.